The van der Waals surface area contributed by atoms with E-state index in [1.807, 2.05) is 6.07 Å². The van der Waals surface area contributed by atoms with Crippen LogP contribution in [0.2, 0.25) is 0 Å². The van der Waals surface area contributed by atoms with Crippen molar-refractivity contribution in [3.05, 3.63) is 30.0 Å². The van der Waals surface area contributed by atoms with Crippen molar-refractivity contribution in [1.82, 2.24) is 9.88 Å². The minimum absolute atomic E-state index is 0.0268. The number of benzene rings is 1. The summed E-state index contributed by atoms with van der Waals surface area (Å²) in [5, 5.41) is 7.53. The Morgan fingerprint density at radius 3 is 2.75 bits per heavy atom. The molecule has 20 heavy (non-hydrogen) atoms. The molecule has 0 bridgehead atoms. The van der Waals surface area contributed by atoms with Gasteiger partial charge in [-0.2, -0.15) is 0 Å². The summed E-state index contributed by atoms with van der Waals surface area (Å²) in [6.07, 6.45) is 2.32. The first-order chi connectivity index (χ1) is 9.65. The predicted octanol–water partition coefficient (Wildman–Crippen LogP) is 2.83. The van der Waals surface area contributed by atoms with E-state index in [2.05, 4.69) is 40.3 Å². The number of hydrogen-bond acceptors (Lipinski definition) is 2. The molecule has 1 saturated heterocycles. The smallest absolute Gasteiger partial charge is 0.221 e. The van der Waals surface area contributed by atoms with Crippen LogP contribution < -0.4 is 10.6 Å². The van der Waals surface area contributed by atoms with Crippen molar-refractivity contribution >= 4 is 22.5 Å². The van der Waals surface area contributed by atoms with Crippen LogP contribution in [0.1, 0.15) is 31.5 Å². The van der Waals surface area contributed by atoms with Gasteiger partial charge in [0.15, 0.2) is 0 Å². The van der Waals surface area contributed by atoms with E-state index in [9.17, 15) is 4.79 Å². The lowest BCUT2D eigenvalue weighted by Gasteiger charge is -2.26. The van der Waals surface area contributed by atoms with Gasteiger partial charge in [-0.1, -0.05) is 6.07 Å². The third-order valence-electron chi connectivity index (χ3n) is 4.03. The molecule has 1 aromatic carbocycles. The van der Waals surface area contributed by atoms with Gasteiger partial charge in [-0.05, 0) is 51.1 Å². The van der Waals surface area contributed by atoms with E-state index in [4.69, 9.17) is 0 Å². The maximum atomic E-state index is 11.2. The van der Waals surface area contributed by atoms with E-state index in [0.717, 1.165) is 31.6 Å². The van der Waals surface area contributed by atoms with Crippen LogP contribution in [0.15, 0.2) is 24.3 Å². The van der Waals surface area contributed by atoms with Crippen molar-refractivity contribution in [3.8, 4) is 0 Å². The summed E-state index contributed by atoms with van der Waals surface area (Å²) >= 11 is 0. The molecule has 0 unspecified atom stereocenters. The second-order valence-corrected chi connectivity index (χ2v) is 5.59. The molecular formula is C16H21N3O. The number of rotatable bonds is 2. The highest BCUT2D eigenvalue weighted by Crippen LogP contribution is 2.30. The molecule has 1 aromatic heterocycles. The van der Waals surface area contributed by atoms with Gasteiger partial charge in [0.05, 0.1) is 5.52 Å². The second kappa shape index (κ2) is 5.29. The van der Waals surface area contributed by atoms with Crippen molar-refractivity contribution in [3.63, 3.8) is 0 Å². The lowest BCUT2D eigenvalue weighted by Crippen LogP contribution is -2.29. The van der Waals surface area contributed by atoms with Crippen LogP contribution in [0.4, 0.5) is 5.69 Å². The number of nitrogens with zero attached hydrogens (tertiary/aromatic N) is 1. The molecule has 3 rings (SSSR count). The monoisotopic (exact) mass is 271 g/mol. The van der Waals surface area contributed by atoms with Gasteiger partial charge in [0, 0.05) is 29.7 Å². The normalized spacial score (nSPS) is 16.5. The molecule has 4 nitrogen and oxygen atoms in total. The molecule has 4 heteroatoms. The highest BCUT2D eigenvalue weighted by atomic mass is 16.1. The molecule has 2 N–H and O–H groups in total. The number of carbonyl (C=O) groups is 1. The summed E-state index contributed by atoms with van der Waals surface area (Å²) in [7, 11) is 0. The van der Waals surface area contributed by atoms with Crippen LogP contribution in [0.25, 0.3) is 10.9 Å². The Hall–Kier alpha value is -1.81. The summed E-state index contributed by atoms with van der Waals surface area (Å²) in [6.45, 7) is 5.87. The Labute approximate surface area is 119 Å². The largest absolute Gasteiger partial charge is 0.342 e. The summed E-state index contributed by atoms with van der Waals surface area (Å²) < 4.78 is 2.43. The standard InChI is InChI=1S/C16H21N3O/c1-11-9-13-3-4-14(18-12(2)20)10-16(13)19(11)15-5-7-17-8-6-15/h3-4,9-10,15,17H,5-8H2,1-2H3,(H,18,20). The average molecular weight is 271 g/mol. The molecule has 0 saturated carbocycles. The lowest BCUT2D eigenvalue weighted by molar-refractivity contribution is -0.114. The zero-order valence-electron chi connectivity index (χ0n) is 12.1. The molecular weight excluding hydrogens is 250 g/mol. The third-order valence-corrected chi connectivity index (χ3v) is 4.03. The van der Waals surface area contributed by atoms with Gasteiger partial charge in [-0.3, -0.25) is 4.79 Å². The Bertz CT molecular complexity index is 638. The fourth-order valence-corrected chi connectivity index (χ4v) is 3.19. The molecule has 1 fully saturated rings. The predicted molar refractivity (Wildman–Crippen MR) is 82.1 cm³/mol. The zero-order valence-corrected chi connectivity index (χ0v) is 12.1. The summed E-state index contributed by atoms with van der Waals surface area (Å²) in [6, 6.07) is 8.93. The van der Waals surface area contributed by atoms with E-state index in [-0.39, 0.29) is 5.91 Å². The molecule has 0 spiro atoms. The van der Waals surface area contributed by atoms with Crippen molar-refractivity contribution in [2.24, 2.45) is 0 Å². The number of nitrogens with one attached hydrogen (secondary N) is 2. The Morgan fingerprint density at radius 1 is 1.30 bits per heavy atom. The second-order valence-electron chi connectivity index (χ2n) is 5.59. The Morgan fingerprint density at radius 2 is 2.05 bits per heavy atom. The van der Waals surface area contributed by atoms with Gasteiger partial charge in [0.2, 0.25) is 5.91 Å². The van der Waals surface area contributed by atoms with Gasteiger partial charge < -0.3 is 15.2 Å². The molecule has 2 heterocycles. The SMILES string of the molecule is CC(=O)Nc1ccc2cc(C)n(C3CCNCC3)c2c1. The van der Waals surface area contributed by atoms with E-state index < -0.39 is 0 Å². The number of aryl methyl sites for hydroxylation is 1. The van der Waals surface area contributed by atoms with Gasteiger partial charge in [0.25, 0.3) is 0 Å². The van der Waals surface area contributed by atoms with Crippen molar-refractivity contribution in [2.75, 3.05) is 18.4 Å². The maximum Gasteiger partial charge on any atom is 0.221 e. The minimum atomic E-state index is -0.0268. The minimum Gasteiger partial charge on any atom is -0.342 e. The summed E-state index contributed by atoms with van der Waals surface area (Å²) in [5.74, 6) is -0.0268. The fourth-order valence-electron chi connectivity index (χ4n) is 3.19. The zero-order chi connectivity index (χ0) is 14.1. The summed E-state index contributed by atoms with van der Waals surface area (Å²) in [5.41, 5.74) is 3.39. The topological polar surface area (TPSA) is 46.1 Å². The van der Waals surface area contributed by atoms with Crippen LogP contribution in [0.3, 0.4) is 0 Å². The number of carbonyl (C=O) groups excluding carboxylic acids is 1. The highest BCUT2D eigenvalue weighted by Gasteiger charge is 2.18. The fraction of sp³-hybridized carbons (Fsp3) is 0.438. The van der Waals surface area contributed by atoms with E-state index in [0.29, 0.717) is 6.04 Å². The average Bonchev–Trinajstić information content (AvgIpc) is 2.74. The van der Waals surface area contributed by atoms with Gasteiger partial charge >= 0.3 is 0 Å². The van der Waals surface area contributed by atoms with Crippen LogP contribution in [0.5, 0.6) is 0 Å². The van der Waals surface area contributed by atoms with Gasteiger partial charge in [-0.25, -0.2) is 0 Å². The van der Waals surface area contributed by atoms with Crippen molar-refractivity contribution < 1.29 is 4.79 Å². The molecule has 1 amide bonds. The van der Waals surface area contributed by atoms with E-state index >= 15 is 0 Å². The summed E-state index contributed by atoms with van der Waals surface area (Å²) in [4.78, 5) is 11.2. The molecule has 0 aliphatic carbocycles. The molecule has 2 aromatic rings. The van der Waals surface area contributed by atoms with Crippen molar-refractivity contribution in [2.45, 2.75) is 32.7 Å². The van der Waals surface area contributed by atoms with E-state index in [1.54, 1.807) is 6.92 Å². The Kier molecular flexibility index (Phi) is 3.49. The lowest BCUT2D eigenvalue weighted by atomic mass is 10.1. The molecule has 0 radical (unpaired) electrons. The van der Waals surface area contributed by atoms with Crippen LogP contribution >= 0.6 is 0 Å². The van der Waals surface area contributed by atoms with Gasteiger partial charge in [-0.15, -0.1) is 0 Å². The number of amides is 1. The third kappa shape index (κ3) is 2.43. The Balaban J connectivity index is 2.04. The quantitative estimate of drug-likeness (QED) is 0.882. The molecule has 0 atom stereocenters. The van der Waals surface area contributed by atoms with E-state index in [1.165, 1.54) is 16.6 Å². The first-order valence-corrected chi connectivity index (χ1v) is 7.25. The number of piperidine rings is 1. The number of hydrogen-bond donors (Lipinski definition) is 2. The van der Waals surface area contributed by atoms with Gasteiger partial charge in [0.1, 0.15) is 0 Å². The number of fused-ring (bicyclic) bond motifs is 1. The number of anilines is 1. The first kappa shape index (κ1) is 13.2. The molecule has 1 aliphatic heterocycles. The van der Waals surface area contributed by atoms with Crippen LogP contribution in [-0.4, -0.2) is 23.6 Å². The van der Waals surface area contributed by atoms with Crippen LogP contribution in [0, 0.1) is 6.92 Å². The molecule has 1 aliphatic rings. The first-order valence-electron chi connectivity index (χ1n) is 7.25. The number of aromatic nitrogens is 1. The molecule has 106 valence electrons. The van der Waals surface area contributed by atoms with Crippen LogP contribution in [-0.2, 0) is 4.79 Å². The highest BCUT2D eigenvalue weighted by molar-refractivity contribution is 5.92. The van der Waals surface area contributed by atoms with Crippen molar-refractivity contribution in [1.29, 1.82) is 0 Å². The maximum absolute atomic E-state index is 11.2.